The number of nitrogens with one attached hydrogen (secondary N) is 1. The second-order valence-electron chi connectivity index (χ2n) is 6.59. The summed E-state index contributed by atoms with van der Waals surface area (Å²) in [6.07, 6.45) is 0. The number of benzene rings is 1. The van der Waals surface area contributed by atoms with E-state index >= 15 is 0 Å². The Labute approximate surface area is 167 Å². The molecule has 2 heterocycles. The molecule has 0 radical (unpaired) electrons. The fourth-order valence-corrected chi connectivity index (χ4v) is 5.37. The molecular weight excluding hydrogens is 409 g/mol. The summed E-state index contributed by atoms with van der Waals surface area (Å²) in [4.78, 5) is 2.09. The predicted molar refractivity (Wildman–Crippen MR) is 106 cm³/mol. The van der Waals surface area contributed by atoms with E-state index < -0.39 is 15.8 Å². The van der Waals surface area contributed by atoms with Gasteiger partial charge in [0.15, 0.2) is 3.95 Å². The van der Waals surface area contributed by atoms with Crippen LogP contribution in [0.15, 0.2) is 29.2 Å². The van der Waals surface area contributed by atoms with Crippen LogP contribution < -0.4 is 5.32 Å². The standard InChI is InChI=1S/C16H22FN5O2S3/c1-12(2)18-15-19-22(16(25)26-15)11-20-6-8-21(9-7-20)27(23,24)14-5-3-4-13(17)10-14/h3-5,10,12H,6-9,11H2,1-2H3,(H,18,19). The van der Waals surface area contributed by atoms with Gasteiger partial charge in [-0.05, 0) is 44.3 Å². The Hall–Kier alpha value is -1.40. The van der Waals surface area contributed by atoms with Gasteiger partial charge in [0, 0.05) is 32.2 Å². The minimum absolute atomic E-state index is 0.0120. The van der Waals surface area contributed by atoms with Crippen molar-refractivity contribution in [2.24, 2.45) is 0 Å². The van der Waals surface area contributed by atoms with Crippen molar-refractivity contribution in [2.45, 2.75) is 31.5 Å². The van der Waals surface area contributed by atoms with Gasteiger partial charge in [0.05, 0.1) is 11.6 Å². The molecule has 0 bridgehead atoms. The number of hydrogen-bond acceptors (Lipinski definition) is 7. The Kier molecular flexibility index (Phi) is 6.26. The Morgan fingerprint density at radius 3 is 2.63 bits per heavy atom. The van der Waals surface area contributed by atoms with Crippen LogP contribution in [0, 0.1) is 9.77 Å². The Morgan fingerprint density at radius 2 is 2.00 bits per heavy atom. The zero-order valence-electron chi connectivity index (χ0n) is 15.1. The fourth-order valence-electron chi connectivity index (χ4n) is 2.78. The fraction of sp³-hybridized carbons (Fsp3) is 0.500. The van der Waals surface area contributed by atoms with Gasteiger partial charge in [-0.3, -0.25) is 4.90 Å². The molecule has 1 aromatic heterocycles. The molecule has 2 aromatic rings. The van der Waals surface area contributed by atoms with Crippen molar-refractivity contribution >= 4 is 38.7 Å². The van der Waals surface area contributed by atoms with Gasteiger partial charge in [-0.2, -0.15) is 4.31 Å². The molecule has 0 saturated carbocycles. The van der Waals surface area contributed by atoms with E-state index in [1.807, 2.05) is 13.8 Å². The summed E-state index contributed by atoms with van der Waals surface area (Å²) in [5, 5.41) is 8.49. The summed E-state index contributed by atoms with van der Waals surface area (Å²) in [5.41, 5.74) is 0. The van der Waals surface area contributed by atoms with Crippen molar-refractivity contribution in [1.29, 1.82) is 0 Å². The van der Waals surface area contributed by atoms with Gasteiger partial charge in [-0.1, -0.05) is 17.4 Å². The van der Waals surface area contributed by atoms with Gasteiger partial charge >= 0.3 is 0 Å². The van der Waals surface area contributed by atoms with Gasteiger partial charge in [-0.15, -0.1) is 5.10 Å². The third kappa shape index (κ3) is 4.91. The third-order valence-corrected chi connectivity index (χ3v) is 7.25. The topological polar surface area (TPSA) is 70.5 Å². The van der Waals surface area contributed by atoms with E-state index in [4.69, 9.17) is 12.2 Å². The van der Waals surface area contributed by atoms with Gasteiger partial charge < -0.3 is 5.32 Å². The maximum absolute atomic E-state index is 13.4. The van der Waals surface area contributed by atoms with E-state index in [-0.39, 0.29) is 10.9 Å². The third-order valence-electron chi connectivity index (χ3n) is 4.12. The Morgan fingerprint density at radius 1 is 1.30 bits per heavy atom. The summed E-state index contributed by atoms with van der Waals surface area (Å²) in [6, 6.07) is 5.39. The second kappa shape index (κ2) is 8.31. The Bertz CT molecular complexity index is 949. The first kappa shape index (κ1) is 20.3. The van der Waals surface area contributed by atoms with Crippen LogP contribution >= 0.6 is 23.6 Å². The van der Waals surface area contributed by atoms with Crippen LogP contribution in [0.4, 0.5) is 9.52 Å². The van der Waals surface area contributed by atoms with Crippen molar-refractivity contribution in [3.63, 3.8) is 0 Å². The number of nitrogens with zero attached hydrogens (tertiary/aromatic N) is 4. The van der Waals surface area contributed by atoms with E-state index in [9.17, 15) is 12.8 Å². The number of rotatable bonds is 6. The number of anilines is 1. The zero-order chi connectivity index (χ0) is 19.6. The molecule has 1 saturated heterocycles. The first-order valence-electron chi connectivity index (χ1n) is 8.58. The van der Waals surface area contributed by atoms with E-state index in [1.54, 1.807) is 4.68 Å². The predicted octanol–water partition coefficient (Wildman–Crippen LogP) is 2.60. The molecule has 1 aromatic carbocycles. The number of aromatic nitrogens is 2. The van der Waals surface area contributed by atoms with Crippen LogP contribution in [0.1, 0.15) is 13.8 Å². The Balaban J connectivity index is 1.62. The molecule has 11 heteroatoms. The van der Waals surface area contributed by atoms with Crippen molar-refractivity contribution in [3.05, 3.63) is 34.0 Å². The van der Waals surface area contributed by atoms with Crippen LogP contribution in [0.3, 0.4) is 0 Å². The highest BCUT2D eigenvalue weighted by atomic mass is 32.2. The van der Waals surface area contributed by atoms with E-state index in [2.05, 4.69) is 15.3 Å². The van der Waals surface area contributed by atoms with Crippen LogP contribution in [0.2, 0.25) is 0 Å². The number of sulfonamides is 1. The quantitative estimate of drug-likeness (QED) is 0.709. The highest BCUT2D eigenvalue weighted by molar-refractivity contribution is 7.89. The van der Waals surface area contributed by atoms with Crippen LogP contribution in [-0.2, 0) is 16.7 Å². The SMILES string of the molecule is CC(C)Nc1nn(CN2CCN(S(=O)(=O)c3cccc(F)c3)CC2)c(=S)s1. The summed E-state index contributed by atoms with van der Waals surface area (Å²) in [7, 11) is -3.68. The van der Waals surface area contributed by atoms with Gasteiger partial charge in [0.1, 0.15) is 5.82 Å². The molecule has 148 valence electrons. The van der Waals surface area contributed by atoms with Gasteiger partial charge in [-0.25, -0.2) is 17.5 Å². The largest absolute Gasteiger partial charge is 0.358 e. The smallest absolute Gasteiger partial charge is 0.243 e. The highest BCUT2D eigenvalue weighted by Gasteiger charge is 2.29. The van der Waals surface area contributed by atoms with Crippen molar-refractivity contribution in [1.82, 2.24) is 19.0 Å². The van der Waals surface area contributed by atoms with Crippen LogP contribution in [-0.4, -0.2) is 59.6 Å². The van der Waals surface area contributed by atoms with Gasteiger partial charge in [0.25, 0.3) is 0 Å². The molecular formula is C16H22FN5O2S3. The molecule has 1 N–H and O–H groups in total. The van der Waals surface area contributed by atoms with Crippen molar-refractivity contribution in [2.75, 3.05) is 31.5 Å². The second-order valence-corrected chi connectivity index (χ2v) is 10.2. The molecule has 0 unspecified atom stereocenters. The van der Waals surface area contributed by atoms with E-state index in [0.29, 0.717) is 36.8 Å². The van der Waals surface area contributed by atoms with E-state index in [0.717, 1.165) is 11.2 Å². The molecule has 1 fully saturated rings. The number of piperazine rings is 1. The minimum atomic E-state index is -3.68. The van der Waals surface area contributed by atoms with Crippen LogP contribution in [0.25, 0.3) is 0 Å². The molecule has 27 heavy (non-hydrogen) atoms. The minimum Gasteiger partial charge on any atom is -0.358 e. The molecule has 0 spiro atoms. The average Bonchev–Trinajstić information content (AvgIpc) is 2.93. The normalized spacial score (nSPS) is 16.7. The zero-order valence-corrected chi connectivity index (χ0v) is 17.6. The molecule has 7 nitrogen and oxygen atoms in total. The van der Waals surface area contributed by atoms with Crippen LogP contribution in [0.5, 0.6) is 0 Å². The lowest BCUT2D eigenvalue weighted by atomic mass is 10.4. The summed E-state index contributed by atoms with van der Waals surface area (Å²) in [6.45, 7) is 6.38. The van der Waals surface area contributed by atoms with E-state index in [1.165, 1.54) is 33.8 Å². The maximum atomic E-state index is 13.4. The lowest BCUT2D eigenvalue weighted by Gasteiger charge is -2.33. The van der Waals surface area contributed by atoms with Crippen molar-refractivity contribution < 1.29 is 12.8 Å². The lowest BCUT2D eigenvalue weighted by Crippen LogP contribution is -2.48. The monoisotopic (exact) mass is 431 g/mol. The maximum Gasteiger partial charge on any atom is 0.243 e. The summed E-state index contributed by atoms with van der Waals surface area (Å²) < 4.78 is 42.5. The highest BCUT2D eigenvalue weighted by Crippen LogP contribution is 2.20. The lowest BCUT2D eigenvalue weighted by molar-refractivity contribution is 0.145. The van der Waals surface area contributed by atoms with Crippen molar-refractivity contribution in [3.8, 4) is 0 Å². The molecule has 1 aliphatic heterocycles. The number of halogens is 1. The molecule has 0 aliphatic carbocycles. The summed E-state index contributed by atoms with van der Waals surface area (Å²) in [5.74, 6) is -0.557. The number of hydrogen-bond donors (Lipinski definition) is 1. The molecule has 3 rings (SSSR count). The van der Waals surface area contributed by atoms with Gasteiger partial charge in [0.2, 0.25) is 15.2 Å². The molecule has 0 amide bonds. The molecule has 0 atom stereocenters. The summed E-state index contributed by atoms with van der Waals surface area (Å²) >= 11 is 6.78. The first-order chi connectivity index (χ1) is 12.8. The average molecular weight is 432 g/mol. The molecule has 1 aliphatic rings. The first-order valence-corrected chi connectivity index (χ1v) is 11.2.